The van der Waals surface area contributed by atoms with Crippen LogP contribution in [0.3, 0.4) is 0 Å². The molecule has 1 saturated heterocycles. The summed E-state index contributed by atoms with van der Waals surface area (Å²) in [5.41, 5.74) is 2.65. The molecular weight excluding hydrogens is 346 g/mol. The number of amides is 1. The standard InChI is InChI=1S/C24H33N3O/c1-19(2)18-25-24(28)20(3)26-14-16-27(17-15-26)23(21-10-6-4-7-11-21)22-12-8-5-9-13-22/h4-13,19-20,23H,14-18H2,1-3H3,(H,25,28)/t20-/m0/s1. The first-order valence-electron chi connectivity index (χ1n) is 10.4. The number of rotatable bonds is 7. The van der Waals surface area contributed by atoms with Gasteiger partial charge in [0.1, 0.15) is 0 Å². The van der Waals surface area contributed by atoms with Gasteiger partial charge in [-0.15, -0.1) is 0 Å². The Balaban J connectivity index is 1.67. The van der Waals surface area contributed by atoms with Crippen LogP contribution >= 0.6 is 0 Å². The monoisotopic (exact) mass is 379 g/mol. The van der Waals surface area contributed by atoms with E-state index in [4.69, 9.17) is 0 Å². The van der Waals surface area contributed by atoms with Crippen molar-refractivity contribution >= 4 is 5.91 Å². The van der Waals surface area contributed by atoms with Crippen LogP contribution < -0.4 is 5.32 Å². The van der Waals surface area contributed by atoms with E-state index in [2.05, 4.69) is 89.6 Å². The van der Waals surface area contributed by atoms with Crippen molar-refractivity contribution in [2.24, 2.45) is 5.92 Å². The van der Waals surface area contributed by atoms with Crippen molar-refractivity contribution in [2.45, 2.75) is 32.9 Å². The van der Waals surface area contributed by atoms with Crippen molar-refractivity contribution in [1.29, 1.82) is 0 Å². The van der Waals surface area contributed by atoms with E-state index in [0.717, 1.165) is 32.7 Å². The summed E-state index contributed by atoms with van der Waals surface area (Å²) >= 11 is 0. The fourth-order valence-electron chi connectivity index (χ4n) is 3.89. The molecule has 28 heavy (non-hydrogen) atoms. The largest absolute Gasteiger partial charge is 0.354 e. The highest BCUT2D eigenvalue weighted by Gasteiger charge is 2.30. The van der Waals surface area contributed by atoms with Gasteiger partial charge in [-0.3, -0.25) is 14.6 Å². The van der Waals surface area contributed by atoms with Crippen molar-refractivity contribution in [2.75, 3.05) is 32.7 Å². The number of hydrogen-bond donors (Lipinski definition) is 1. The molecule has 0 aliphatic carbocycles. The average Bonchev–Trinajstić information content (AvgIpc) is 2.74. The van der Waals surface area contributed by atoms with Gasteiger partial charge >= 0.3 is 0 Å². The maximum absolute atomic E-state index is 12.4. The summed E-state index contributed by atoms with van der Waals surface area (Å²) in [7, 11) is 0. The van der Waals surface area contributed by atoms with Gasteiger partial charge in [0.25, 0.3) is 0 Å². The van der Waals surface area contributed by atoms with Crippen LogP contribution in [0.25, 0.3) is 0 Å². The quantitative estimate of drug-likeness (QED) is 0.799. The minimum Gasteiger partial charge on any atom is -0.354 e. The Labute approximate surface area is 169 Å². The second-order valence-corrected chi connectivity index (χ2v) is 8.11. The molecule has 3 rings (SSSR count). The van der Waals surface area contributed by atoms with Crippen LogP contribution in [0.2, 0.25) is 0 Å². The molecule has 2 aromatic rings. The molecule has 0 spiro atoms. The normalized spacial score (nSPS) is 17.0. The molecule has 1 amide bonds. The Hall–Kier alpha value is -2.17. The number of nitrogens with zero attached hydrogens (tertiary/aromatic N) is 2. The molecule has 1 atom stereocenters. The number of piperazine rings is 1. The highest BCUT2D eigenvalue weighted by Crippen LogP contribution is 2.29. The van der Waals surface area contributed by atoms with Crippen LogP contribution in [-0.2, 0) is 4.79 Å². The molecule has 0 unspecified atom stereocenters. The maximum Gasteiger partial charge on any atom is 0.237 e. The Kier molecular flexibility index (Phi) is 7.24. The van der Waals surface area contributed by atoms with Crippen LogP contribution in [-0.4, -0.2) is 54.5 Å². The number of carbonyl (C=O) groups is 1. The van der Waals surface area contributed by atoms with Gasteiger partial charge in [-0.2, -0.15) is 0 Å². The Morgan fingerprint density at radius 2 is 1.29 bits per heavy atom. The lowest BCUT2D eigenvalue weighted by molar-refractivity contribution is -0.126. The maximum atomic E-state index is 12.4. The van der Waals surface area contributed by atoms with E-state index in [0.29, 0.717) is 5.92 Å². The van der Waals surface area contributed by atoms with Crippen molar-refractivity contribution in [3.8, 4) is 0 Å². The molecule has 1 aliphatic rings. The molecule has 4 heteroatoms. The zero-order chi connectivity index (χ0) is 19.9. The topological polar surface area (TPSA) is 35.6 Å². The second kappa shape index (κ2) is 9.85. The van der Waals surface area contributed by atoms with Gasteiger partial charge in [0.05, 0.1) is 12.1 Å². The smallest absolute Gasteiger partial charge is 0.237 e. The molecule has 2 aromatic carbocycles. The van der Waals surface area contributed by atoms with Crippen LogP contribution in [0.15, 0.2) is 60.7 Å². The van der Waals surface area contributed by atoms with Crippen molar-refractivity contribution in [3.05, 3.63) is 71.8 Å². The van der Waals surface area contributed by atoms with Gasteiger partial charge < -0.3 is 5.32 Å². The minimum atomic E-state index is -0.0761. The first-order valence-corrected chi connectivity index (χ1v) is 10.4. The zero-order valence-electron chi connectivity index (χ0n) is 17.3. The van der Waals surface area contributed by atoms with Crippen molar-refractivity contribution in [1.82, 2.24) is 15.1 Å². The van der Waals surface area contributed by atoms with Gasteiger partial charge in [0.15, 0.2) is 0 Å². The third-order valence-electron chi connectivity index (χ3n) is 5.56. The number of carbonyl (C=O) groups excluding carboxylic acids is 1. The molecule has 1 fully saturated rings. The summed E-state index contributed by atoms with van der Waals surface area (Å²) < 4.78 is 0. The van der Waals surface area contributed by atoms with Gasteiger partial charge in [0, 0.05) is 32.7 Å². The summed E-state index contributed by atoms with van der Waals surface area (Å²) in [6, 6.07) is 21.6. The summed E-state index contributed by atoms with van der Waals surface area (Å²) in [6.45, 7) is 10.7. The van der Waals surface area contributed by atoms with E-state index in [-0.39, 0.29) is 18.0 Å². The molecule has 0 radical (unpaired) electrons. The molecule has 1 N–H and O–H groups in total. The molecule has 4 nitrogen and oxygen atoms in total. The highest BCUT2D eigenvalue weighted by molar-refractivity contribution is 5.81. The molecule has 0 aromatic heterocycles. The summed E-state index contributed by atoms with van der Waals surface area (Å²) in [6.07, 6.45) is 0. The summed E-state index contributed by atoms with van der Waals surface area (Å²) in [5.74, 6) is 0.621. The van der Waals surface area contributed by atoms with E-state index < -0.39 is 0 Å². The average molecular weight is 380 g/mol. The van der Waals surface area contributed by atoms with Crippen molar-refractivity contribution < 1.29 is 4.79 Å². The number of nitrogens with one attached hydrogen (secondary N) is 1. The van der Waals surface area contributed by atoms with Gasteiger partial charge in [-0.25, -0.2) is 0 Å². The molecular formula is C24H33N3O. The third kappa shape index (κ3) is 5.21. The Bertz CT molecular complexity index is 685. The second-order valence-electron chi connectivity index (χ2n) is 8.11. The van der Waals surface area contributed by atoms with Crippen LogP contribution in [0, 0.1) is 5.92 Å². The molecule has 0 bridgehead atoms. The van der Waals surface area contributed by atoms with Crippen molar-refractivity contribution in [3.63, 3.8) is 0 Å². The van der Waals surface area contributed by atoms with Crippen LogP contribution in [0.1, 0.15) is 37.9 Å². The van der Waals surface area contributed by atoms with Crippen LogP contribution in [0.4, 0.5) is 0 Å². The summed E-state index contributed by atoms with van der Waals surface area (Å²) in [4.78, 5) is 17.3. The fraction of sp³-hybridized carbons (Fsp3) is 0.458. The number of benzene rings is 2. The first kappa shape index (κ1) is 20.6. The van der Waals surface area contributed by atoms with E-state index >= 15 is 0 Å². The molecule has 1 aliphatic heterocycles. The minimum absolute atomic E-state index is 0.0761. The Morgan fingerprint density at radius 1 is 0.821 bits per heavy atom. The predicted molar refractivity (Wildman–Crippen MR) is 115 cm³/mol. The van der Waals surface area contributed by atoms with Gasteiger partial charge in [-0.05, 0) is 24.0 Å². The van der Waals surface area contributed by atoms with Gasteiger partial charge in [-0.1, -0.05) is 74.5 Å². The zero-order valence-corrected chi connectivity index (χ0v) is 17.3. The van der Waals surface area contributed by atoms with E-state index in [1.54, 1.807) is 0 Å². The molecule has 1 heterocycles. The Morgan fingerprint density at radius 3 is 1.75 bits per heavy atom. The highest BCUT2D eigenvalue weighted by atomic mass is 16.2. The fourth-order valence-corrected chi connectivity index (χ4v) is 3.89. The first-order chi connectivity index (χ1) is 13.6. The third-order valence-corrected chi connectivity index (χ3v) is 5.56. The van der Waals surface area contributed by atoms with E-state index in [9.17, 15) is 4.79 Å². The van der Waals surface area contributed by atoms with E-state index in [1.807, 2.05) is 6.92 Å². The number of hydrogen-bond acceptors (Lipinski definition) is 3. The lowest BCUT2D eigenvalue weighted by Gasteiger charge is -2.41. The SMILES string of the molecule is CC(C)CNC(=O)[C@H](C)N1CCN(C(c2ccccc2)c2ccccc2)CC1. The lowest BCUT2D eigenvalue weighted by Crippen LogP contribution is -2.54. The lowest BCUT2D eigenvalue weighted by atomic mass is 9.96. The van der Waals surface area contributed by atoms with E-state index in [1.165, 1.54) is 11.1 Å². The predicted octanol–water partition coefficient (Wildman–Crippen LogP) is 3.55. The summed E-state index contributed by atoms with van der Waals surface area (Å²) in [5, 5.41) is 3.07. The van der Waals surface area contributed by atoms with Gasteiger partial charge in [0.2, 0.25) is 5.91 Å². The molecule has 0 saturated carbocycles. The van der Waals surface area contributed by atoms with Crippen LogP contribution in [0.5, 0.6) is 0 Å². The molecule has 150 valence electrons.